The number of hydrogen-bond acceptors (Lipinski definition) is 1. The lowest BCUT2D eigenvalue weighted by Gasteiger charge is -2.25. The smallest absolute Gasteiger partial charge is 0.220 e. The van der Waals surface area contributed by atoms with Gasteiger partial charge < -0.3 is 5.32 Å². The highest BCUT2D eigenvalue weighted by molar-refractivity contribution is 9.09. The van der Waals surface area contributed by atoms with E-state index in [9.17, 15) is 4.79 Å². The molecule has 2 rings (SSSR count). The van der Waals surface area contributed by atoms with Gasteiger partial charge in [0.2, 0.25) is 5.91 Å². The first-order valence-electron chi connectivity index (χ1n) is 7.15. The zero-order valence-electron chi connectivity index (χ0n) is 10.6. The van der Waals surface area contributed by atoms with Crippen LogP contribution in [0.1, 0.15) is 57.8 Å². The van der Waals surface area contributed by atoms with Crippen LogP contribution in [0.15, 0.2) is 0 Å². The Labute approximate surface area is 113 Å². The predicted molar refractivity (Wildman–Crippen MR) is 74.3 cm³/mol. The van der Waals surface area contributed by atoms with Crippen LogP contribution in [0.2, 0.25) is 0 Å². The number of nitrogens with one attached hydrogen (secondary N) is 1. The number of carbonyl (C=O) groups is 1. The Hall–Kier alpha value is -0.0500. The summed E-state index contributed by atoms with van der Waals surface area (Å²) in [4.78, 5) is 12.5. The number of halogens is 1. The maximum Gasteiger partial charge on any atom is 0.220 e. The van der Waals surface area contributed by atoms with Crippen molar-refractivity contribution >= 4 is 21.8 Å². The van der Waals surface area contributed by atoms with Crippen LogP contribution < -0.4 is 5.32 Å². The van der Waals surface area contributed by atoms with E-state index in [1.54, 1.807) is 0 Å². The highest BCUT2D eigenvalue weighted by Crippen LogP contribution is 2.29. The standard InChI is InChI=1S/C14H24BrNO/c15-13-7-5-12(6-8-13)10-16-14(17)9-11-3-1-2-4-11/h11-13H,1-10H2,(H,16,17). The zero-order chi connectivity index (χ0) is 12.1. The summed E-state index contributed by atoms with van der Waals surface area (Å²) in [6.07, 6.45) is 11.0. The monoisotopic (exact) mass is 301 g/mol. The minimum atomic E-state index is 0.290. The van der Waals surface area contributed by atoms with Crippen molar-refractivity contribution in [2.75, 3.05) is 6.54 Å². The van der Waals surface area contributed by atoms with Crippen molar-refractivity contribution in [3.8, 4) is 0 Å². The van der Waals surface area contributed by atoms with Crippen molar-refractivity contribution in [2.24, 2.45) is 11.8 Å². The molecule has 3 heteroatoms. The summed E-state index contributed by atoms with van der Waals surface area (Å²) in [5.74, 6) is 1.68. The minimum Gasteiger partial charge on any atom is -0.356 e. The molecule has 98 valence electrons. The first-order valence-corrected chi connectivity index (χ1v) is 8.06. The van der Waals surface area contributed by atoms with Crippen molar-refractivity contribution in [3.05, 3.63) is 0 Å². The number of amides is 1. The lowest BCUT2D eigenvalue weighted by atomic mass is 9.89. The second kappa shape index (κ2) is 6.77. The van der Waals surface area contributed by atoms with Crippen molar-refractivity contribution in [2.45, 2.75) is 62.6 Å². The summed E-state index contributed by atoms with van der Waals surface area (Å²) in [5, 5.41) is 3.14. The maximum absolute atomic E-state index is 11.8. The van der Waals surface area contributed by atoms with Gasteiger partial charge in [-0.25, -0.2) is 0 Å². The van der Waals surface area contributed by atoms with E-state index in [1.165, 1.54) is 51.4 Å². The quantitative estimate of drug-likeness (QED) is 0.789. The number of hydrogen-bond donors (Lipinski definition) is 1. The van der Waals surface area contributed by atoms with Gasteiger partial charge >= 0.3 is 0 Å². The fraction of sp³-hybridized carbons (Fsp3) is 0.929. The number of alkyl halides is 1. The molecule has 0 aromatic rings. The van der Waals surface area contributed by atoms with Gasteiger partial charge in [-0.3, -0.25) is 4.79 Å². The molecular formula is C14H24BrNO. The van der Waals surface area contributed by atoms with Crippen LogP contribution in [0.3, 0.4) is 0 Å². The van der Waals surface area contributed by atoms with Crippen molar-refractivity contribution in [3.63, 3.8) is 0 Å². The highest BCUT2D eigenvalue weighted by atomic mass is 79.9. The van der Waals surface area contributed by atoms with Crippen LogP contribution in [0, 0.1) is 11.8 Å². The summed E-state index contributed by atoms with van der Waals surface area (Å²) >= 11 is 3.67. The molecule has 0 spiro atoms. The second-order valence-electron chi connectivity index (χ2n) is 5.78. The van der Waals surface area contributed by atoms with Gasteiger partial charge in [0.05, 0.1) is 0 Å². The van der Waals surface area contributed by atoms with Gasteiger partial charge in [-0.15, -0.1) is 0 Å². The van der Waals surface area contributed by atoms with Gasteiger partial charge in [0, 0.05) is 17.8 Å². The molecular weight excluding hydrogens is 278 g/mol. The molecule has 0 saturated heterocycles. The first kappa shape index (κ1) is 13.4. The molecule has 0 aromatic heterocycles. The molecule has 17 heavy (non-hydrogen) atoms. The third-order valence-electron chi connectivity index (χ3n) is 4.31. The summed E-state index contributed by atoms with van der Waals surface area (Å²) in [6, 6.07) is 0. The Balaban J connectivity index is 1.59. The average molecular weight is 302 g/mol. The topological polar surface area (TPSA) is 29.1 Å². The zero-order valence-corrected chi connectivity index (χ0v) is 12.2. The molecule has 0 bridgehead atoms. The lowest BCUT2D eigenvalue weighted by Crippen LogP contribution is -2.32. The molecule has 2 aliphatic rings. The summed E-state index contributed by atoms with van der Waals surface area (Å²) < 4.78 is 0. The van der Waals surface area contributed by atoms with Gasteiger partial charge in [-0.2, -0.15) is 0 Å². The van der Waals surface area contributed by atoms with Gasteiger partial charge in [-0.1, -0.05) is 28.8 Å². The van der Waals surface area contributed by atoms with E-state index < -0.39 is 0 Å². The van der Waals surface area contributed by atoms with Crippen molar-refractivity contribution in [1.29, 1.82) is 0 Å². The van der Waals surface area contributed by atoms with E-state index >= 15 is 0 Å². The van der Waals surface area contributed by atoms with E-state index in [0.717, 1.165) is 18.9 Å². The molecule has 0 aromatic carbocycles. The van der Waals surface area contributed by atoms with E-state index in [-0.39, 0.29) is 5.91 Å². The van der Waals surface area contributed by atoms with Gasteiger partial charge in [-0.05, 0) is 50.4 Å². The van der Waals surface area contributed by atoms with Crippen LogP contribution in [-0.2, 0) is 4.79 Å². The van der Waals surface area contributed by atoms with Crippen LogP contribution in [-0.4, -0.2) is 17.3 Å². The maximum atomic E-state index is 11.8. The minimum absolute atomic E-state index is 0.290. The lowest BCUT2D eigenvalue weighted by molar-refractivity contribution is -0.122. The summed E-state index contributed by atoms with van der Waals surface area (Å²) in [6.45, 7) is 0.908. The van der Waals surface area contributed by atoms with Crippen LogP contribution >= 0.6 is 15.9 Å². The van der Waals surface area contributed by atoms with Gasteiger partial charge in [0.1, 0.15) is 0 Å². The SMILES string of the molecule is O=C(CC1CCCC1)NCC1CCC(Br)CC1. The van der Waals surface area contributed by atoms with E-state index in [2.05, 4.69) is 21.2 Å². The molecule has 0 atom stereocenters. The normalized spacial score (nSPS) is 30.4. The molecule has 0 unspecified atom stereocenters. The molecule has 0 heterocycles. The molecule has 0 aliphatic heterocycles. The molecule has 1 amide bonds. The molecule has 0 radical (unpaired) electrons. The van der Waals surface area contributed by atoms with Crippen molar-refractivity contribution < 1.29 is 4.79 Å². The fourth-order valence-electron chi connectivity index (χ4n) is 3.13. The molecule has 2 aliphatic carbocycles. The Bertz CT molecular complexity index is 243. The molecule has 2 nitrogen and oxygen atoms in total. The first-order chi connectivity index (χ1) is 8.24. The fourth-order valence-corrected chi connectivity index (χ4v) is 3.66. The van der Waals surface area contributed by atoms with Gasteiger partial charge in [0.25, 0.3) is 0 Å². The molecule has 1 N–H and O–H groups in total. The third-order valence-corrected chi connectivity index (χ3v) is 5.23. The van der Waals surface area contributed by atoms with E-state index in [4.69, 9.17) is 0 Å². The van der Waals surface area contributed by atoms with Crippen LogP contribution in [0.4, 0.5) is 0 Å². The van der Waals surface area contributed by atoms with E-state index in [0.29, 0.717) is 10.7 Å². The highest BCUT2D eigenvalue weighted by Gasteiger charge is 2.21. The third kappa shape index (κ3) is 4.61. The second-order valence-corrected chi connectivity index (χ2v) is 7.07. The molecule has 2 fully saturated rings. The molecule has 2 saturated carbocycles. The van der Waals surface area contributed by atoms with Crippen LogP contribution in [0.5, 0.6) is 0 Å². The van der Waals surface area contributed by atoms with Crippen molar-refractivity contribution in [1.82, 2.24) is 5.32 Å². The summed E-state index contributed by atoms with van der Waals surface area (Å²) in [5.41, 5.74) is 0. The Morgan fingerprint density at radius 1 is 1.00 bits per heavy atom. The average Bonchev–Trinajstić information content (AvgIpc) is 2.81. The number of rotatable bonds is 4. The Morgan fingerprint density at radius 3 is 2.29 bits per heavy atom. The summed E-state index contributed by atoms with van der Waals surface area (Å²) in [7, 11) is 0. The Kier molecular flexibility index (Phi) is 5.33. The van der Waals surface area contributed by atoms with Crippen LogP contribution in [0.25, 0.3) is 0 Å². The van der Waals surface area contributed by atoms with E-state index in [1.807, 2.05) is 0 Å². The Morgan fingerprint density at radius 2 is 1.65 bits per heavy atom. The largest absolute Gasteiger partial charge is 0.356 e. The van der Waals surface area contributed by atoms with Gasteiger partial charge in [0.15, 0.2) is 0 Å². The predicted octanol–water partition coefficient (Wildman–Crippen LogP) is 3.64. The number of carbonyl (C=O) groups excluding carboxylic acids is 1.